The maximum absolute atomic E-state index is 5.38. The maximum atomic E-state index is 5.38. The van der Waals surface area contributed by atoms with E-state index in [2.05, 4.69) is 25.1 Å². The number of rotatable bonds is 6. The van der Waals surface area contributed by atoms with Crippen LogP contribution < -0.4 is 5.32 Å². The molecule has 1 heterocycles. The van der Waals surface area contributed by atoms with Gasteiger partial charge in [-0.3, -0.25) is 0 Å². The first kappa shape index (κ1) is 13.5. The molecule has 2 unspecified atom stereocenters. The van der Waals surface area contributed by atoms with Crippen LogP contribution in [0.15, 0.2) is 0 Å². The molecule has 0 aromatic carbocycles. The van der Waals surface area contributed by atoms with E-state index in [1.165, 1.54) is 19.3 Å². The van der Waals surface area contributed by atoms with Gasteiger partial charge < -0.3 is 10.1 Å². The quantitative estimate of drug-likeness (QED) is 0.699. The van der Waals surface area contributed by atoms with Gasteiger partial charge in [0, 0.05) is 31.7 Å². The molecule has 1 N–H and O–H groups in total. The van der Waals surface area contributed by atoms with E-state index in [1.807, 2.05) is 0 Å². The minimum absolute atomic E-state index is 0.486. The first-order chi connectivity index (χ1) is 7.76. The van der Waals surface area contributed by atoms with Gasteiger partial charge in [0.1, 0.15) is 0 Å². The van der Waals surface area contributed by atoms with E-state index in [4.69, 9.17) is 11.2 Å². The van der Waals surface area contributed by atoms with Crippen LogP contribution in [0.5, 0.6) is 0 Å². The number of nitrogens with one attached hydrogen (secondary N) is 1. The zero-order valence-corrected chi connectivity index (χ0v) is 10.7. The Kier molecular flexibility index (Phi) is 6.52. The van der Waals surface area contributed by atoms with Crippen LogP contribution >= 0.6 is 0 Å². The summed E-state index contributed by atoms with van der Waals surface area (Å²) in [7, 11) is 0. The fourth-order valence-corrected chi connectivity index (χ4v) is 2.42. The van der Waals surface area contributed by atoms with Gasteiger partial charge in [0.05, 0.1) is 0 Å². The third kappa shape index (κ3) is 5.01. The van der Waals surface area contributed by atoms with Crippen molar-refractivity contribution in [2.24, 2.45) is 5.92 Å². The van der Waals surface area contributed by atoms with Crippen molar-refractivity contribution in [1.82, 2.24) is 5.32 Å². The topological polar surface area (TPSA) is 21.3 Å². The summed E-state index contributed by atoms with van der Waals surface area (Å²) < 4.78 is 5.38. The van der Waals surface area contributed by atoms with Crippen molar-refractivity contribution in [3.63, 3.8) is 0 Å². The van der Waals surface area contributed by atoms with E-state index in [0.29, 0.717) is 12.1 Å². The zero-order chi connectivity index (χ0) is 11.8. The van der Waals surface area contributed by atoms with Gasteiger partial charge in [-0.25, -0.2) is 0 Å². The van der Waals surface area contributed by atoms with Gasteiger partial charge in [-0.2, -0.15) is 0 Å². The SMILES string of the molecule is C#CCC(CC)NC(C)CC1CCOCC1. The molecule has 16 heavy (non-hydrogen) atoms. The van der Waals surface area contributed by atoms with Crippen LogP contribution in [0.25, 0.3) is 0 Å². The summed E-state index contributed by atoms with van der Waals surface area (Å²) in [6.45, 7) is 6.35. The molecule has 1 saturated heterocycles. The summed E-state index contributed by atoms with van der Waals surface area (Å²) in [6, 6.07) is 1.06. The lowest BCUT2D eigenvalue weighted by molar-refractivity contribution is 0.0607. The Balaban J connectivity index is 2.22. The molecule has 0 radical (unpaired) electrons. The molecule has 0 aromatic rings. The number of hydrogen-bond acceptors (Lipinski definition) is 2. The average molecular weight is 223 g/mol. The molecule has 0 spiro atoms. The first-order valence-electron chi connectivity index (χ1n) is 6.53. The van der Waals surface area contributed by atoms with Crippen LogP contribution in [0.3, 0.4) is 0 Å². The van der Waals surface area contributed by atoms with E-state index in [-0.39, 0.29) is 0 Å². The smallest absolute Gasteiger partial charge is 0.0468 e. The molecule has 0 saturated carbocycles. The third-order valence-corrected chi connectivity index (χ3v) is 3.41. The molecule has 0 bridgehead atoms. The van der Waals surface area contributed by atoms with Crippen LogP contribution in [-0.2, 0) is 4.74 Å². The van der Waals surface area contributed by atoms with Gasteiger partial charge in [-0.05, 0) is 38.5 Å². The second kappa shape index (κ2) is 7.70. The van der Waals surface area contributed by atoms with Crippen LogP contribution in [0.1, 0.15) is 46.0 Å². The predicted molar refractivity (Wildman–Crippen MR) is 68.3 cm³/mol. The van der Waals surface area contributed by atoms with Gasteiger partial charge in [0.25, 0.3) is 0 Å². The Bertz CT molecular complexity index is 215. The monoisotopic (exact) mass is 223 g/mol. The Labute approximate surface area is 100 Å². The molecule has 92 valence electrons. The van der Waals surface area contributed by atoms with Gasteiger partial charge in [0.2, 0.25) is 0 Å². The van der Waals surface area contributed by atoms with Crippen molar-refractivity contribution in [3.05, 3.63) is 0 Å². The largest absolute Gasteiger partial charge is 0.381 e. The van der Waals surface area contributed by atoms with E-state index in [0.717, 1.165) is 32.0 Å². The summed E-state index contributed by atoms with van der Waals surface area (Å²) >= 11 is 0. The molecule has 1 rings (SSSR count). The Hall–Kier alpha value is -0.520. The molecule has 2 heteroatoms. The molecule has 1 aliphatic heterocycles. The van der Waals surface area contributed by atoms with Gasteiger partial charge in [-0.15, -0.1) is 12.3 Å². The Morgan fingerprint density at radius 2 is 2.12 bits per heavy atom. The second-order valence-electron chi connectivity index (χ2n) is 4.87. The van der Waals surface area contributed by atoms with Crippen LogP contribution in [0.4, 0.5) is 0 Å². The maximum Gasteiger partial charge on any atom is 0.0468 e. The zero-order valence-electron chi connectivity index (χ0n) is 10.7. The summed E-state index contributed by atoms with van der Waals surface area (Å²) in [5, 5.41) is 3.63. The van der Waals surface area contributed by atoms with E-state index in [1.54, 1.807) is 0 Å². The Morgan fingerprint density at radius 3 is 2.69 bits per heavy atom. The highest BCUT2D eigenvalue weighted by Crippen LogP contribution is 2.20. The highest BCUT2D eigenvalue weighted by molar-refractivity contribution is 4.90. The third-order valence-electron chi connectivity index (χ3n) is 3.41. The number of hydrogen-bond donors (Lipinski definition) is 1. The summed E-state index contributed by atoms with van der Waals surface area (Å²) in [5.41, 5.74) is 0. The molecular weight excluding hydrogens is 198 g/mol. The summed E-state index contributed by atoms with van der Waals surface area (Å²) in [4.78, 5) is 0. The van der Waals surface area contributed by atoms with Crippen molar-refractivity contribution < 1.29 is 4.74 Å². The molecule has 2 atom stereocenters. The van der Waals surface area contributed by atoms with E-state index < -0.39 is 0 Å². The lowest BCUT2D eigenvalue weighted by Crippen LogP contribution is -2.37. The molecule has 2 nitrogen and oxygen atoms in total. The fraction of sp³-hybridized carbons (Fsp3) is 0.857. The standard InChI is InChI=1S/C14H25NO/c1-4-6-14(5-2)15-12(3)11-13-7-9-16-10-8-13/h1,12-15H,5-11H2,2-3H3. The minimum Gasteiger partial charge on any atom is -0.381 e. The van der Waals surface area contributed by atoms with Crippen LogP contribution in [0.2, 0.25) is 0 Å². The van der Waals surface area contributed by atoms with Crippen LogP contribution in [0, 0.1) is 18.3 Å². The highest BCUT2D eigenvalue weighted by atomic mass is 16.5. The Morgan fingerprint density at radius 1 is 1.44 bits per heavy atom. The van der Waals surface area contributed by atoms with E-state index in [9.17, 15) is 0 Å². The summed E-state index contributed by atoms with van der Waals surface area (Å²) in [6.07, 6.45) is 11.0. The average Bonchev–Trinajstić information content (AvgIpc) is 2.29. The van der Waals surface area contributed by atoms with Crippen molar-refractivity contribution in [3.8, 4) is 12.3 Å². The van der Waals surface area contributed by atoms with Crippen molar-refractivity contribution in [2.75, 3.05) is 13.2 Å². The fourth-order valence-electron chi connectivity index (χ4n) is 2.42. The number of ether oxygens (including phenoxy) is 1. The minimum atomic E-state index is 0.486. The van der Waals surface area contributed by atoms with Crippen LogP contribution in [-0.4, -0.2) is 25.3 Å². The van der Waals surface area contributed by atoms with E-state index >= 15 is 0 Å². The normalized spacial score (nSPS) is 21.3. The molecular formula is C14H25NO. The first-order valence-corrected chi connectivity index (χ1v) is 6.53. The van der Waals surface area contributed by atoms with Gasteiger partial charge >= 0.3 is 0 Å². The van der Waals surface area contributed by atoms with Crippen molar-refractivity contribution >= 4 is 0 Å². The molecule has 0 amide bonds. The molecule has 0 aromatic heterocycles. The van der Waals surface area contributed by atoms with Crippen molar-refractivity contribution in [1.29, 1.82) is 0 Å². The lowest BCUT2D eigenvalue weighted by Gasteiger charge is -2.27. The van der Waals surface area contributed by atoms with Gasteiger partial charge in [0.15, 0.2) is 0 Å². The molecule has 1 aliphatic rings. The highest BCUT2D eigenvalue weighted by Gasteiger charge is 2.18. The molecule has 0 aliphatic carbocycles. The molecule has 1 fully saturated rings. The summed E-state index contributed by atoms with van der Waals surface area (Å²) in [5.74, 6) is 3.58. The predicted octanol–water partition coefficient (Wildman–Crippen LogP) is 2.58. The van der Waals surface area contributed by atoms with Crippen molar-refractivity contribution in [2.45, 2.75) is 58.0 Å². The number of terminal acetylenes is 1. The van der Waals surface area contributed by atoms with Gasteiger partial charge in [-0.1, -0.05) is 6.92 Å². The second-order valence-corrected chi connectivity index (χ2v) is 4.87. The lowest BCUT2D eigenvalue weighted by atomic mass is 9.92.